The summed E-state index contributed by atoms with van der Waals surface area (Å²) in [5, 5.41) is 11.1. The van der Waals surface area contributed by atoms with E-state index >= 15 is 0 Å². The van der Waals surface area contributed by atoms with Crippen LogP contribution in [0.3, 0.4) is 0 Å². The summed E-state index contributed by atoms with van der Waals surface area (Å²) in [7, 11) is 3.11. The van der Waals surface area contributed by atoms with Crippen LogP contribution in [0.5, 0.6) is 11.5 Å². The van der Waals surface area contributed by atoms with Gasteiger partial charge in [-0.1, -0.05) is 0 Å². The van der Waals surface area contributed by atoms with Crippen LogP contribution >= 0.6 is 15.9 Å². The fourth-order valence-corrected chi connectivity index (χ4v) is 2.17. The van der Waals surface area contributed by atoms with Crippen LogP contribution in [0, 0.1) is 0 Å². The molecule has 0 amide bonds. The van der Waals surface area contributed by atoms with Crippen LogP contribution in [0.1, 0.15) is 5.56 Å². The lowest BCUT2D eigenvalue weighted by Crippen LogP contribution is -2.10. The number of ether oxygens (including phenoxy) is 2. The van der Waals surface area contributed by atoms with Gasteiger partial charge in [0.2, 0.25) is 5.95 Å². The molecule has 2 N–H and O–H groups in total. The first kappa shape index (κ1) is 15.0. The third-order valence-corrected chi connectivity index (χ3v) is 3.00. The van der Waals surface area contributed by atoms with Crippen LogP contribution < -0.4 is 20.5 Å². The van der Waals surface area contributed by atoms with E-state index in [2.05, 4.69) is 41.6 Å². The molecule has 110 valence electrons. The fourth-order valence-electron chi connectivity index (χ4n) is 1.54. The van der Waals surface area contributed by atoms with Crippen molar-refractivity contribution in [2.45, 2.75) is 0 Å². The summed E-state index contributed by atoms with van der Waals surface area (Å²) < 4.78 is 11.2. The number of halogens is 1. The van der Waals surface area contributed by atoms with Crippen molar-refractivity contribution in [1.29, 1.82) is 0 Å². The van der Waals surface area contributed by atoms with Crippen LogP contribution in [0.25, 0.3) is 0 Å². The van der Waals surface area contributed by atoms with Crippen LogP contribution in [-0.4, -0.2) is 35.6 Å². The topological polar surface area (TPSA) is 101 Å². The Morgan fingerprint density at radius 1 is 1.38 bits per heavy atom. The van der Waals surface area contributed by atoms with Crippen molar-refractivity contribution in [2.75, 3.05) is 19.6 Å². The van der Waals surface area contributed by atoms with Crippen molar-refractivity contribution in [3.8, 4) is 11.5 Å². The Morgan fingerprint density at radius 3 is 2.86 bits per heavy atom. The molecule has 0 aliphatic carbocycles. The van der Waals surface area contributed by atoms with Crippen molar-refractivity contribution in [1.82, 2.24) is 15.2 Å². The van der Waals surface area contributed by atoms with Gasteiger partial charge in [-0.3, -0.25) is 9.78 Å². The number of anilines is 1. The molecule has 0 unspecified atom stereocenters. The minimum atomic E-state index is -0.364. The lowest BCUT2D eigenvalue weighted by molar-refractivity contribution is 0.353. The van der Waals surface area contributed by atoms with E-state index in [1.165, 1.54) is 0 Å². The summed E-state index contributed by atoms with van der Waals surface area (Å²) in [6.07, 6.45) is 2.61. The molecule has 1 aromatic heterocycles. The number of nitrogens with one attached hydrogen (secondary N) is 2. The molecule has 0 atom stereocenters. The second-order valence-corrected chi connectivity index (χ2v) is 4.65. The van der Waals surface area contributed by atoms with Gasteiger partial charge in [0.05, 0.1) is 24.9 Å². The molecule has 21 heavy (non-hydrogen) atoms. The van der Waals surface area contributed by atoms with E-state index < -0.39 is 0 Å². The maximum absolute atomic E-state index is 11.0. The molecule has 1 aromatic carbocycles. The molecule has 1 heterocycles. The molecular formula is C12H12BrN5O3. The first-order valence-electron chi connectivity index (χ1n) is 5.76. The Hall–Kier alpha value is -2.42. The average molecular weight is 354 g/mol. The van der Waals surface area contributed by atoms with Gasteiger partial charge in [0.1, 0.15) is 6.20 Å². The van der Waals surface area contributed by atoms with E-state index in [4.69, 9.17) is 9.47 Å². The standard InChI is InChI=1S/C12H12BrN5O3/c1-20-9-4-7(3-8(13)11(9)21-2)5-14-17-12-16-10(19)6-15-18-12/h3-6H,1-2H3,(H2,16,17,18,19)/b14-5+. The number of hydrogen-bond donors (Lipinski definition) is 2. The van der Waals surface area contributed by atoms with Gasteiger partial charge in [-0.05, 0) is 33.6 Å². The summed E-state index contributed by atoms with van der Waals surface area (Å²) in [5.74, 6) is 1.32. The third-order valence-electron chi connectivity index (χ3n) is 2.41. The van der Waals surface area contributed by atoms with Gasteiger partial charge in [0.15, 0.2) is 11.5 Å². The minimum Gasteiger partial charge on any atom is -0.493 e. The number of rotatable bonds is 5. The first-order chi connectivity index (χ1) is 10.1. The highest BCUT2D eigenvalue weighted by Crippen LogP contribution is 2.35. The van der Waals surface area contributed by atoms with E-state index in [1.807, 2.05) is 6.07 Å². The Balaban J connectivity index is 2.17. The van der Waals surface area contributed by atoms with Crippen molar-refractivity contribution >= 4 is 28.1 Å². The molecule has 0 radical (unpaired) electrons. The fraction of sp³-hybridized carbons (Fsp3) is 0.167. The van der Waals surface area contributed by atoms with E-state index in [1.54, 1.807) is 26.5 Å². The van der Waals surface area contributed by atoms with E-state index in [0.717, 1.165) is 16.2 Å². The van der Waals surface area contributed by atoms with Gasteiger partial charge in [0.25, 0.3) is 5.56 Å². The Kier molecular flexibility index (Phi) is 4.88. The van der Waals surface area contributed by atoms with Crippen molar-refractivity contribution in [2.24, 2.45) is 5.10 Å². The number of nitrogens with zero attached hydrogens (tertiary/aromatic N) is 3. The van der Waals surface area contributed by atoms with Gasteiger partial charge >= 0.3 is 0 Å². The number of aromatic nitrogens is 3. The molecule has 2 aromatic rings. The zero-order valence-corrected chi connectivity index (χ0v) is 12.8. The highest BCUT2D eigenvalue weighted by molar-refractivity contribution is 9.10. The highest BCUT2D eigenvalue weighted by atomic mass is 79.9. The second kappa shape index (κ2) is 6.84. The zero-order chi connectivity index (χ0) is 15.2. The van der Waals surface area contributed by atoms with Crippen LogP contribution in [0.4, 0.5) is 5.95 Å². The van der Waals surface area contributed by atoms with Gasteiger partial charge in [-0.25, -0.2) is 5.43 Å². The molecule has 8 nitrogen and oxygen atoms in total. The SMILES string of the molecule is COc1cc(/C=N/Nc2nncc(=O)[nH]2)cc(Br)c1OC. The molecule has 0 fully saturated rings. The van der Waals surface area contributed by atoms with E-state index in [-0.39, 0.29) is 11.5 Å². The van der Waals surface area contributed by atoms with Crippen LogP contribution in [-0.2, 0) is 0 Å². The normalized spacial score (nSPS) is 10.6. The lowest BCUT2D eigenvalue weighted by atomic mass is 10.2. The van der Waals surface area contributed by atoms with E-state index in [9.17, 15) is 4.79 Å². The number of H-pyrrole nitrogens is 1. The van der Waals surface area contributed by atoms with Gasteiger partial charge in [-0.2, -0.15) is 5.10 Å². The number of hydrazone groups is 1. The zero-order valence-electron chi connectivity index (χ0n) is 11.3. The third kappa shape index (κ3) is 3.78. The summed E-state index contributed by atoms with van der Waals surface area (Å²) in [6.45, 7) is 0. The summed E-state index contributed by atoms with van der Waals surface area (Å²) in [6, 6.07) is 3.57. The van der Waals surface area contributed by atoms with Crippen molar-refractivity contribution in [3.63, 3.8) is 0 Å². The summed E-state index contributed by atoms with van der Waals surface area (Å²) in [5.41, 5.74) is 2.97. The first-order valence-corrected chi connectivity index (χ1v) is 6.56. The highest BCUT2D eigenvalue weighted by Gasteiger charge is 2.09. The van der Waals surface area contributed by atoms with Crippen molar-refractivity contribution < 1.29 is 9.47 Å². The molecule has 0 spiro atoms. The average Bonchev–Trinajstić information content (AvgIpc) is 2.46. The van der Waals surface area contributed by atoms with Gasteiger partial charge in [-0.15, -0.1) is 10.2 Å². The lowest BCUT2D eigenvalue weighted by Gasteiger charge is -2.10. The number of hydrogen-bond acceptors (Lipinski definition) is 7. The molecule has 0 bridgehead atoms. The maximum Gasteiger partial charge on any atom is 0.271 e. The number of aromatic amines is 1. The second-order valence-electron chi connectivity index (χ2n) is 3.79. The molecule has 2 rings (SSSR count). The molecule has 0 aliphatic rings. The van der Waals surface area contributed by atoms with Gasteiger partial charge < -0.3 is 9.47 Å². The summed E-state index contributed by atoms with van der Waals surface area (Å²) in [4.78, 5) is 13.5. The predicted molar refractivity (Wildman–Crippen MR) is 81.1 cm³/mol. The largest absolute Gasteiger partial charge is 0.493 e. The molecule has 0 saturated heterocycles. The predicted octanol–water partition coefficient (Wildman–Crippen LogP) is 1.39. The van der Waals surface area contributed by atoms with E-state index in [0.29, 0.717) is 11.5 Å². The Labute approximate surface area is 128 Å². The Bertz CT molecular complexity index is 716. The summed E-state index contributed by atoms with van der Waals surface area (Å²) >= 11 is 3.39. The number of benzene rings is 1. The monoisotopic (exact) mass is 353 g/mol. The van der Waals surface area contributed by atoms with Gasteiger partial charge in [0, 0.05) is 0 Å². The molecular weight excluding hydrogens is 342 g/mol. The molecule has 9 heteroatoms. The number of methoxy groups -OCH3 is 2. The smallest absolute Gasteiger partial charge is 0.271 e. The maximum atomic E-state index is 11.0. The quantitative estimate of drug-likeness (QED) is 0.622. The molecule has 0 aliphatic heterocycles. The minimum absolute atomic E-state index is 0.151. The van der Waals surface area contributed by atoms with Crippen LogP contribution in [0.2, 0.25) is 0 Å². The van der Waals surface area contributed by atoms with Crippen molar-refractivity contribution in [3.05, 3.63) is 38.7 Å². The Morgan fingerprint density at radius 2 is 2.19 bits per heavy atom. The van der Waals surface area contributed by atoms with Crippen LogP contribution in [0.15, 0.2) is 32.7 Å². The molecule has 0 saturated carbocycles.